The molecule has 9 heteroatoms. The van der Waals surface area contributed by atoms with Crippen molar-refractivity contribution in [3.8, 4) is 11.8 Å². The maximum absolute atomic E-state index is 12.5. The fourth-order valence-corrected chi connectivity index (χ4v) is 5.83. The molecule has 3 heterocycles. The van der Waals surface area contributed by atoms with Crippen molar-refractivity contribution >= 4 is 34.8 Å². The highest BCUT2D eigenvalue weighted by molar-refractivity contribution is 6.31. The van der Waals surface area contributed by atoms with Crippen molar-refractivity contribution in [2.45, 2.75) is 50.9 Å². The lowest BCUT2D eigenvalue weighted by molar-refractivity contribution is -0.119. The van der Waals surface area contributed by atoms with Gasteiger partial charge in [0.25, 0.3) is 0 Å². The van der Waals surface area contributed by atoms with Crippen LogP contribution >= 0.6 is 11.6 Å². The van der Waals surface area contributed by atoms with E-state index in [1.54, 1.807) is 13.3 Å². The van der Waals surface area contributed by atoms with Crippen LogP contribution < -0.4 is 15.4 Å². The smallest absolute Gasteiger partial charge is 0.234 e. The predicted molar refractivity (Wildman–Crippen MR) is 153 cm³/mol. The number of rotatable bonds is 8. The summed E-state index contributed by atoms with van der Waals surface area (Å²) in [5.74, 6) is 1.63. The lowest BCUT2D eigenvalue weighted by Crippen LogP contribution is -2.33. The number of ether oxygens (including phenoxy) is 1. The van der Waals surface area contributed by atoms with Gasteiger partial charge in [-0.2, -0.15) is 5.26 Å². The summed E-state index contributed by atoms with van der Waals surface area (Å²) in [5, 5.41) is 15.7. The Bertz CT molecular complexity index is 1430. The van der Waals surface area contributed by atoms with Crippen molar-refractivity contribution in [3.63, 3.8) is 0 Å². The normalized spacial score (nSPS) is 16.8. The summed E-state index contributed by atoms with van der Waals surface area (Å²) in [6, 6.07) is 14.4. The van der Waals surface area contributed by atoms with E-state index in [-0.39, 0.29) is 5.91 Å². The molecule has 0 aliphatic carbocycles. The zero-order chi connectivity index (χ0) is 27.6. The second-order valence-electron chi connectivity index (χ2n) is 10.7. The minimum atomic E-state index is -0.579. The highest BCUT2D eigenvalue weighted by Crippen LogP contribution is 2.40. The van der Waals surface area contributed by atoms with Crippen molar-refractivity contribution < 1.29 is 9.53 Å². The van der Waals surface area contributed by atoms with Gasteiger partial charge in [0.15, 0.2) is 0 Å². The minimum absolute atomic E-state index is 0.0147. The SMILES string of the molecule is COc1cc(C2CCN(CC#N)CC2)ccc1Nc1ncc(Cl)c(CCc2cccc3c2C(C)(C)C(=O)N3)n1. The van der Waals surface area contributed by atoms with Crippen molar-refractivity contribution in [1.82, 2.24) is 14.9 Å². The van der Waals surface area contributed by atoms with Gasteiger partial charge in [-0.25, -0.2) is 9.97 Å². The Hall–Kier alpha value is -3.67. The maximum Gasteiger partial charge on any atom is 0.234 e. The summed E-state index contributed by atoms with van der Waals surface area (Å²) >= 11 is 6.49. The third kappa shape index (κ3) is 5.56. The Morgan fingerprint density at radius 1 is 1.23 bits per heavy atom. The number of hydrogen-bond acceptors (Lipinski definition) is 7. The van der Waals surface area contributed by atoms with Crippen molar-refractivity contribution in [1.29, 1.82) is 5.26 Å². The highest BCUT2D eigenvalue weighted by atomic mass is 35.5. The Balaban J connectivity index is 1.30. The molecule has 0 unspecified atom stereocenters. The van der Waals surface area contributed by atoms with Crippen molar-refractivity contribution in [2.24, 2.45) is 0 Å². The van der Waals surface area contributed by atoms with E-state index in [1.807, 2.05) is 32.0 Å². The second kappa shape index (κ2) is 11.2. The van der Waals surface area contributed by atoms with E-state index >= 15 is 0 Å². The van der Waals surface area contributed by atoms with Gasteiger partial charge >= 0.3 is 0 Å². The monoisotopic (exact) mass is 544 g/mol. The fourth-order valence-electron chi connectivity index (χ4n) is 5.64. The van der Waals surface area contributed by atoms with Gasteiger partial charge < -0.3 is 15.4 Å². The molecule has 1 amide bonds. The quantitative estimate of drug-likeness (QED) is 0.356. The van der Waals surface area contributed by atoms with Gasteiger partial charge in [-0.05, 0) is 93.4 Å². The maximum atomic E-state index is 12.5. The van der Waals surface area contributed by atoms with Gasteiger partial charge in [0.1, 0.15) is 5.75 Å². The molecule has 202 valence electrons. The zero-order valence-corrected chi connectivity index (χ0v) is 23.3. The number of nitrogens with zero attached hydrogens (tertiary/aromatic N) is 4. The number of fused-ring (bicyclic) bond motifs is 1. The second-order valence-corrected chi connectivity index (χ2v) is 11.1. The number of halogens is 1. The molecule has 5 rings (SSSR count). The third-order valence-corrected chi connectivity index (χ3v) is 8.18. The van der Waals surface area contributed by atoms with E-state index in [9.17, 15) is 4.79 Å². The van der Waals surface area contributed by atoms with Crippen LogP contribution in [-0.2, 0) is 23.1 Å². The first-order chi connectivity index (χ1) is 18.8. The number of aryl methyl sites for hydroxylation is 2. The lowest BCUT2D eigenvalue weighted by atomic mass is 9.82. The van der Waals surface area contributed by atoms with Gasteiger partial charge in [0.05, 0.1) is 47.7 Å². The Labute approximate surface area is 234 Å². The molecule has 2 aliphatic heterocycles. The number of piperidine rings is 1. The van der Waals surface area contributed by atoms with Crippen molar-refractivity contribution in [2.75, 3.05) is 37.4 Å². The van der Waals surface area contributed by atoms with E-state index in [0.717, 1.165) is 59.9 Å². The van der Waals surface area contributed by atoms with Crippen LogP contribution in [0.3, 0.4) is 0 Å². The number of carbonyl (C=O) groups excluding carboxylic acids is 1. The molecule has 0 atom stereocenters. The standard InChI is InChI=1S/C30H33ClN6O2/c1-30(2)27-20(5-4-6-25(27)34-28(30)38)7-9-23-22(31)18-33-29(35-23)36-24-10-8-21(17-26(24)39-3)19-11-14-37(15-12-19)16-13-32/h4-6,8,10,17-19H,7,9,11-12,14-16H2,1-3H3,(H,34,38)(H,33,35,36). The average Bonchev–Trinajstić information content (AvgIpc) is 3.18. The van der Waals surface area contributed by atoms with Crippen LogP contribution in [0.5, 0.6) is 5.75 Å². The van der Waals surface area contributed by atoms with E-state index in [0.29, 0.717) is 36.3 Å². The average molecular weight is 545 g/mol. The van der Waals surface area contributed by atoms with E-state index < -0.39 is 5.41 Å². The molecule has 1 saturated heterocycles. The molecule has 39 heavy (non-hydrogen) atoms. The summed E-state index contributed by atoms with van der Waals surface area (Å²) in [6.45, 7) is 6.25. The molecule has 8 nitrogen and oxygen atoms in total. The molecule has 1 fully saturated rings. The first kappa shape index (κ1) is 26.9. The van der Waals surface area contributed by atoms with Crippen molar-refractivity contribution in [3.05, 3.63) is 70.0 Å². The number of methoxy groups -OCH3 is 1. The summed E-state index contributed by atoms with van der Waals surface area (Å²) in [5.41, 5.74) is 5.20. The molecule has 2 aliphatic rings. The van der Waals surface area contributed by atoms with Crippen LogP contribution in [0, 0.1) is 11.3 Å². The number of nitrogens with one attached hydrogen (secondary N) is 2. The molecule has 0 bridgehead atoms. The largest absolute Gasteiger partial charge is 0.495 e. The summed E-state index contributed by atoms with van der Waals surface area (Å²) < 4.78 is 5.71. The van der Waals surface area contributed by atoms with Crippen LogP contribution in [0.15, 0.2) is 42.6 Å². The Morgan fingerprint density at radius 2 is 2.03 bits per heavy atom. The number of likely N-dealkylation sites (tertiary alicyclic amines) is 1. The molecule has 0 spiro atoms. The van der Waals surface area contributed by atoms with Gasteiger partial charge in [-0.3, -0.25) is 9.69 Å². The minimum Gasteiger partial charge on any atom is -0.495 e. The van der Waals surface area contributed by atoms with Gasteiger partial charge in [0.2, 0.25) is 11.9 Å². The van der Waals surface area contributed by atoms with Crippen LogP contribution in [-0.4, -0.2) is 47.5 Å². The fraction of sp³-hybridized carbons (Fsp3) is 0.400. The molecular weight excluding hydrogens is 512 g/mol. The Morgan fingerprint density at radius 3 is 2.77 bits per heavy atom. The molecule has 0 saturated carbocycles. The molecule has 0 radical (unpaired) electrons. The van der Waals surface area contributed by atoms with Crippen LogP contribution in [0.25, 0.3) is 0 Å². The van der Waals surface area contributed by atoms with Gasteiger partial charge in [-0.15, -0.1) is 0 Å². The molecule has 3 aromatic rings. The first-order valence-electron chi connectivity index (χ1n) is 13.3. The number of hydrogen-bond donors (Lipinski definition) is 2. The van der Waals surface area contributed by atoms with E-state index in [4.69, 9.17) is 26.6 Å². The van der Waals surface area contributed by atoms with E-state index in [2.05, 4.69) is 44.8 Å². The molecular formula is C30H33ClN6O2. The summed E-state index contributed by atoms with van der Waals surface area (Å²) in [7, 11) is 1.66. The van der Waals surface area contributed by atoms with Crippen LogP contribution in [0.1, 0.15) is 55.0 Å². The number of anilines is 3. The first-order valence-corrected chi connectivity index (χ1v) is 13.7. The number of amides is 1. The van der Waals surface area contributed by atoms with Gasteiger partial charge in [-0.1, -0.05) is 29.8 Å². The zero-order valence-electron chi connectivity index (χ0n) is 22.6. The van der Waals surface area contributed by atoms with Gasteiger partial charge in [0, 0.05) is 5.69 Å². The number of aromatic nitrogens is 2. The molecule has 1 aromatic heterocycles. The summed E-state index contributed by atoms with van der Waals surface area (Å²) in [6.07, 6.45) is 4.97. The predicted octanol–water partition coefficient (Wildman–Crippen LogP) is 5.60. The van der Waals surface area contributed by atoms with Crippen LogP contribution in [0.4, 0.5) is 17.3 Å². The number of nitriles is 1. The Kier molecular flexibility index (Phi) is 7.74. The lowest BCUT2D eigenvalue weighted by Gasteiger charge is -2.30. The van der Waals surface area contributed by atoms with E-state index in [1.165, 1.54) is 5.56 Å². The van der Waals surface area contributed by atoms with Crippen LogP contribution in [0.2, 0.25) is 5.02 Å². The number of carbonyl (C=O) groups is 1. The molecule has 2 N–H and O–H groups in total. The highest BCUT2D eigenvalue weighted by Gasteiger charge is 2.39. The molecule has 2 aromatic carbocycles. The summed E-state index contributed by atoms with van der Waals surface area (Å²) in [4.78, 5) is 23.8. The topological polar surface area (TPSA) is 103 Å². The number of benzene rings is 2. The third-order valence-electron chi connectivity index (χ3n) is 7.86.